The molecule has 1 aliphatic heterocycles. The van der Waals surface area contributed by atoms with E-state index in [-0.39, 0.29) is 24.2 Å². The van der Waals surface area contributed by atoms with E-state index in [4.69, 9.17) is 10.00 Å². The molecule has 0 bridgehead atoms. The number of amides is 1. The number of aliphatic hydroxyl groups excluding tert-OH is 1. The third-order valence-corrected chi connectivity index (χ3v) is 2.82. The number of morpholine rings is 1. The van der Waals surface area contributed by atoms with E-state index in [0.717, 1.165) is 0 Å². The van der Waals surface area contributed by atoms with Gasteiger partial charge in [0.15, 0.2) is 0 Å². The zero-order chi connectivity index (χ0) is 13.0. The lowest BCUT2D eigenvalue weighted by molar-refractivity contribution is -0.0184. The number of pyridine rings is 1. The molecule has 0 spiro atoms. The first-order chi connectivity index (χ1) is 8.76. The number of nitrogens with zero attached hydrogens (tertiary/aromatic N) is 3. The molecule has 1 aromatic heterocycles. The van der Waals surface area contributed by atoms with Crippen molar-refractivity contribution in [2.24, 2.45) is 0 Å². The molecule has 1 amide bonds. The lowest BCUT2D eigenvalue weighted by Crippen LogP contribution is -2.50. The Morgan fingerprint density at radius 3 is 3.28 bits per heavy atom. The minimum Gasteiger partial charge on any atom is -0.394 e. The van der Waals surface area contributed by atoms with Gasteiger partial charge in [0, 0.05) is 18.3 Å². The lowest BCUT2D eigenvalue weighted by Gasteiger charge is -2.34. The second kappa shape index (κ2) is 5.58. The fraction of sp³-hybridized carbons (Fsp3) is 0.417. The first kappa shape index (κ1) is 12.5. The highest BCUT2D eigenvalue weighted by Gasteiger charge is 2.27. The van der Waals surface area contributed by atoms with Crippen molar-refractivity contribution in [1.82, 2.24) is 9.88 Å². The van der Waals surface area contributed by atoms with Crippen molar-refractivity contribution >= 4 is 5.91 Å². The van der Waals surface area contributed by atoms with Gasteiger partial charge in [0.05, 0.1) is 25.9 Å². The highest BCUT2D eigenvalue weighted by atomic mass is 16.5. The predicted molar refractivity (Wildman–Crippen MR) is 61.7 cm³/mol. The van der Waals surface area contributed by atoms with Crippen molar-refractivity contribution in [3.63, 3.8) is 0 Å². The van der Waals surface area contributed by atoms with Crippen molar-refractivity contribution in [3.05, 3.63) is 29.6 Å². The summed E-state index contributed by atoms with van der Waals surface area (Å²) < 4.78 is 5.22. The van der Waals surface area contributed by atoms with E-state index in [9.17, 15) is 9.90 Å². The molecule has 1 fully saturated rings. The molecule has 6 nitrogen and oxygen atoms in total. The third kappa shape index (κ3) is 2.47. The minimum atomic E-state index is -0.329. The molecule has 1 aromatic rings. The zero-order valence-corrected chi connectivity index (χ0v) is 9.74. The molecule has 1 aliphatic rings. The Morgan fingerprint density at radius 1 is 1.72 bits per heavy atom. The molecule has 2 heterocycles. The molecule has 2 rings (SSSR count). The fourth-order valence-electron chi connectivity index (χ4n) is 1.86. The molecule has 0 radical (unpaired) electrons. The summed E-state index contributed by atoms with van der Waals surface area (Å²) in [6.07, 6.45) is 1.43. The summed E-state index contributed by atoms with van der Waals surface area (Å²) in [4.78, 5) is 17.6. The Balaban J connectivity index is 2.21. The Labute approximate surface area is 104 Å². The van der Waals surface area contributed by atoms with Gasteiger partial charge in [-0.15, -0.1) is 0 Å². The summed E-state index contributed by atoms with van der Waals surface area (Å²) in [6, 6.07) is 4.58. The standard InChI is InChI=1S/C12H13N3O3/c13-6-10-5-9(1-2-14-10)12(17)15-3-4-18-8-11(15)7-16/h1-2,5,11,16H,3-4,7-8H2. The summed E-state index contributed by atoms with van der Waals surface area (Å²) in [5.74, 6) is -0.212. The van der Waals surface area contributed by atoms with E-state index >= 15 is 0 Å². The van der Waals surface area contributed by atoms with Gasteiger partial charge in [0.25, 0.3) is 5.91 Å². The molecular weight excluding hydrogens is 234 g/mol. The average Bonchev–Trinajstić information content (AvgIpc) is 2.46. The third-order valence-electron chi connectivity index (χ3n) is 2.82. The second-order valence-electron chi connectivity index (χ2n) is 3.95. The smallest absolute Gasteiger partial charge is 0.254 e. The molecule has 1 atom stereocenters. The molecule has 1 saturated heterocycles. The fourth-order valence-corrected chi connectivity index (χ4v) is 1.86. The lowest BCUT2D eigenvalue weighted by atomic mass is 10.1. The molecule has 0 aromatic carbocycles. The van der Waals surface area contributed by atoms with Crippen molar-refractivity contribution in [2.45, 2.75) is 6.04 Å². The number of hydrogen-bond donors (Lipinski definition) is 1. The van der Waals surface area contributed by atoms with Gasteiger partial charge in [0.1, 0.15) is 11.8 Å². The van der Waals surface area contributed by atoms with Crippen LogP contribution in [-0.4, -0.2) is 53.3 Å². The molecule has 1 N–H and O–H groups in total. The number of ether oxygens (including phenoxy) is 1. The SMILES string of the molecule is N#Cc1cc(C(=O)N2CCOCC2CO)ccn1. The maximum absolute atomic E-state index is 12.3. The first-order valence-electron chi connectivity index (χ1n) is 5.62. The topological polar surface area (TPSA) is 86.5 Å². The zero-order valence-electron chi connectivity index (χ0n) is 9.74. The molecular formula is C12H13N3O3. The monoisotopic (exact) mass is 247 g/mol. The van der Waals surface area contributed by atoms with Crippen LogP contribution < -0.4 is 0 Å². The number of aromatic nitrogens is 1. The van der Waals surface area contributed by atoms with Gasteiger partial charge in [-0.3, -0.25) is 4.79 Å². The summed E-state index contributed by atoms with van der Waals surface area (Å²) in [5, 5.41) is 18.0. The van der Waals surface area contributed by atoms with Crippen LogP contribution in [-0.2, 0) is 4.74 Å². The largest absolute Gasteiger partial charge is 0.394 e. The molecule has 94 valence electrons. The number of nitriles is 1. The van der Waals surface area contributed by atoms with E-state index in [2.05, 4.69) is 4.98 Å². The van der Waals surface area contributed by atoms with Crippen LogP contribution in [0.1, 0.15) is 16.1 Å². The first-order valence-corrected chi connectivity index (χ1v) is 5.62. The van der Waals surface area contributed by atoms with Gasteiger partial charge in [-0.1, -0.05) is 0 Å². The van der Waals surface area contributed by atoms with Crippen LogP contribution in [0.15, 0.2) is 18.3 Å². The van der Waals surface area contributed by atoms with Gasteiger partial charge < -0.3 is 14.7 Å². The van der Waals surface area contributed by atoms with Gasteiger partial charge in [0.2, 0.25) is 0 Å². The number of carbonyl (C=O) groups excluding carboxylic acids is 1. The van der Waals surface area contributed by atoms with Crippen LogP contribution in [0.4, 0.5) is 0 Å². The van der Waals surface area contributed by atoms with Gasteiger partial charge in [-0.05, 0) is 12.1 Å². The maximum atomic E-state index is 12.3. The van der Waals surface area contributed by atoms with E-state index in [1.807, 2.05) is 6.07 Å². The quantitative estimate of drug-likeness (QED) is 0.781. The number of hydrogen-bond acceptors (Lipinski definition) is 5. The highest BCUT2D eigenvalue weighted by molar-refractivity contribution is 5.94. The second-order valence-corrected chi connectivity index (χ2v) is 3.95. The van der Waals surface area contributed by atoms with Gasteiger partial charge in [-0.25, -0.2) is 4.98 Å². The maximum Gasteiger partial charge on any atom is 0.254 e. The van der Waals surface area contributed by atoms with Crippen LogP contribution >= 0.6 is 0 Å². The van der Waals surface area contributed by atoms with Crippen molar-refractivity contribution < 1.29 is 14.6 Å². The number of aliphatic hydroxyl groups is 1. The summed E-state index contributed by atoms with van der Waals surface area (Å²) in [6.45, 7) is 1.09. The van der Waals surface area contributed by atoms with Gasteiger partial charge >= 0.3 is 0 Å². The van der Waals surface area contributed by atoms with Crippen LogP contribution in [0.5, 0.6) is 0 Å². The molecule has 0 saturated carbocycles. The highest BCUT2D eigenvalue weighted by Crippen LogP contribution is 2.12. The molecule has 18 heavy (non-hydrogen) atoms. The van der Waals surface area contributed by atoms with E-state index < -0.39 is 0 Å². The van der Waals surface area contributed by atoms with Crippen LogP contribution in [0.3, 0.4) is 0 Å². The van der Waals surface area contributed by atoms with Crippen LogP contribution in [0.25, 0.3) is 0 Å². The van der Waals surface area contributed by atoms with E-state index in [1.165, 1.54) is 12.3 Å². The Morgan fingerprint density at radius 2 is 2.56 bits per heavy atom. The Kier molecular flexibility index (Phi) is 3.87. The molecule has 0 aliphatic carbocycles. The van der Waals surface area contributed by atoms with Crippen molar-refractivity contribution in [3.8, 4) is 6.07 Å². The average molecular weight is 247 g/mol. The van der Waals surface area contributed by atoms with Crippen molar-refractivity contribution in [2.75, 3.05) is 26.4 Å². The Bertz CT molecular complexity index is 484. The van der Waals surface area contributed by atoms with Crippen LogP contribution in [0.2, 0.25) is 0 Å². The minimum absolute atomic E-state index is 0.137. The van der Waals surface area contributed by atoms with E-state index in [0.29, 0.717) is 25.3 Å². The molecule has 6 heteroatoms. The van der Waals surface area contributed by atoms with E-state index in [1.54, 1.807) is 11.0 Å². The normalized spacial score (nSPS) is 19.3. The summed E-state index contributed by atoms with van der Waals surface area (Å²) in [7, 11) is 0. The summed E-state index contributed by atoms with van der Waals surface area (Å²) >= 11 is 0. The number of rotatable bonds is 2. The number of carbonyl (C=O) groups is 1. The Hall–Kier alpha value is -1.97. The summed E-state index contributed by atoms with van der Waals surface area (Å²) in [5.41, 5.74) is 0.608. The van der Waals surface area contributed by atoms with Crippen LogP contribution in [0, 0.1) is 11.3 Å². The predicted octanol–water partition coefficient (Wildman–Crippen LogP) is -0.213. The molecule has 1 unspecified atom stereocenters. The van der Waals surface area contributed by atoms with Gasteiger partial charge in [-0.2, -0.15) is 5.26 Å². The van der Waals surface area contributed by atoms with Crippen molar-refractivity contribution in [1.29, 1.82) is 5.26 Å².